The molecule has 1 saturated heterocycles. The van der Waals surface area contributed by atoms with Gasteiger partial charge in [0.1, 0.15) is 5.54 Å². The van der Waals surface area contributed by atoms with Crippen molar-refractivity contribution in [2.45, 2.75) is 58.9 Å². The average Bonchev–Trinajstić information content (AvgIpc) is 2.22. The Hall–Kier alpha value is -0.570. The molecular formula is C13H25NO2. The Balaban J connectivity index is 2.79. The van der Waals surface area contributed by atoms with E-state index in [1.165, 1.54) is 0 Å². The van der Waals surface area contributed by atoms with Gasteiger partial charge in [-0.25, -0.2) is 0 Å². The first kappa shape index (κ1) is 13.5. The van der Waals surface area contributed by atoms with E-state index in [4.69, 9.17) is 0 Å². The molecule has 16 heavy (non-hydrogen) atoms. The topological polar surface area (TPSA) is 40.5 Å². The van der Waals surface area contributed by atoms with E-state index >= 15 is 0 Å². The van der Waals surface area contributed by atoms with Crippen LogP contribution in [0.15, 0.2) is 0 Å². The average molecular weight is 227 g/mol. The van der Waals surface area contributed by atoms with Crippen LogP contribution in [-0.2, 0) is 4.79 Å². The van der Waals surface area contributed by atoms with E-state index in [1.807, 2.05) is 13.8 Å². The molecule has 0 amide bonds. The first-order valence-corrected chi connectivity index (χ1v) is 6.36. The summed E-state index contributed by atoms with van der Waals surface area (Å²) in [7, 11) is 0. The summed E-state index contributed by atoms with van der Waals surface area (Å²) in [5.74, 6) is -0.655. The van der Waals surface area contributed by atoms with Gasteiger partial charge in [0.2, 0.25) is 0 Å². The summed E-state index contributed by atoms with van der Waals surface area (Å²) in [6.45, 7) is 10.3. The normalized spacial score (nSPS) is 22.0. The van der Waals surface area contributed by atoms with Crippen LogP contribution in [0.2, 0.25) is 0 Å². The monoisotopic (exact) mass is 227 g/mol. The second kappa shape index (κ2) is 4.74. The Labute approximate surface area is 98.8 Å². The maximum atomic E-state index is 11.5. The van der Waals surface area contributed by atoms with E-state index in [1.54, 1.807) is 0 Å². The van der Waals surface area contributed by atoms with Crippen LogP contribution >= 0.6 is 0 Å². The number of carboxylic acids is 1. The summed E-state index contributed by atoms with van der Waals surface area (Å²) in [5.41, 5.74) is -0.251. The van der Waals surface area contributed by atoms with Gasteiger partial charge in [-0.1, -0.05) is 27.7 Å². The summed E-state index contributed by atoms with van der Waals surface area (Å²) in [5, 5.41) is 9.46. The molecule has 1 heterocycles. The van der Waals surface area contributed by atoms with Crippen LogP contribution in [0.1, 0.15) is 53.4 Å². The summed E-state index contributed by atoms with van der Waals surface area (Å²) < 4.78 is 0. The molecule has 0 aromatic heterocycles. The lowest BCUT2D eigenvalue weighted by molar-refractivity contribution is -0.154. The fourth-order valence-electron chi connectivity index (χ4n) is 2.68. The van der Waals surface area contributed by atoms with Gasteiger partial charge in [-0.15, -0.1) is 0 Å². The molecule has 0 aliphatic carbocycles. The van der Waals surface area contributed by atoms with E-state index in [0.717, 1.165) is 25.9 Å². The molecule has 0 aromatic carbocycles. The third-order valence-corrected chi connectivity index (χ3v) is 4.29. The fraction of sp³-hybridized carbons (Fsp3) is 0.923. The summed E-state index contributed by atoms with van der Waals surface area (Å²) in [6.07, 6.45) is 3.59. The van der Waals surface area contributed by atoms with Crippen LogP contribution in [0.3, 0.4) is 0 Å². The number of carboxylic acid groups (broad SMARTS) is 1. The number of nitrogens with zero attached hydrogens (tertiary/aromatic N) is 1. The minimum atomic E-state index is -0.655. The van der Waals surface area contributed by atoms with Crippen molar-refractivity contribution < 1.29 is 9.90 Å². The molecule has 0 aromatic rings. The number of hydrogen-bond acceptors (Lipinski definition) is 2. The Morgan fingerprint density at radius 3 is 2.00 bits per heavy atom. The lowest BCUT2D eigenvalue weighted by Gasteiger charge is -2.45. The molecule has 1 fully saturated rings. The van der Waals surface area contributed by atoms with Gasteiger partial charge < -0.3 is 5.11 Å². The Morgan fingerprint density at radius 1 is 1.25 bits per heavy atom. The van der Waals surface area contributed by atoms with Crippen LogP contribution in [-0.4, -0.2) is 34.6 Å². The van der Waals surface area contributed by atoms with Crippen molar-refractivity contribution in [1.82, 2.24) is 4.90 Å². The van der Waals surface area contributed by atoms with E-state index < -0.39 is 11.5 Å². The number of likely N-dealkylation sites (tertiary alicyclic amines) is 1. The van der Waals surface area contributed by atoms with Crippen molar-refractivity contribution in [3.05, 3.63) is 0 Å². The van der Waals surface area contributed by atoms with Gasteiger partial charge >= 0.3 is 5.97 Å². The van der Waals surface area contributed by atoms with Crippen molar-refractivity contribution in [2.75, 3.05) is 13.1 Å². The highest BCUT2D eigenvalue weighted by atomic mass is 16.4. The maximum absolute atomic E-state index is 11.5. The van der Waals surface area contributed by atoms with Crippen molar-refractivity contribution >= 4 is 5.97 Å². The van der Waals surface area contributed by atoms with Crippen molar-refractivity contribution in [3.8, 4) is 0 Å². The second-order valence-corrected chi connectivity index (χ2v) is 5.70. The molecule has 0 unspecified atom stereocenters. The SMILES string of the molecule is CCC(CC)(C(=O)O)N1CCC(C)(C)CC1. The van der Waals surface area contributed by atoms with E-state index in [2.05, 4.69) is 18.7 Å². The van der Waals surface area contributed by atoms with Gasteiger partial charge in [-0.05, 0) is 44.2 Å². The van der Waals surface area contributed by atoms with Gasteiger partial charge in [0, 0.05) is 0 Å². The standard InChI is InChI=1S/C13H25NO2/c1-5-13(6-2,11(15)16)14-9-7-12(3,4)8-10-14/h5-10H2,1-4H3,(H,15,16). The minimum absolute atomic E-state index is 0.377. The predicted octanol–water partition coefficient (Wildman–Crippen LogP) is 2.75. The third-order valence-electron chi connectivity index (χ3n) is 4.29. The van der Waals surface area contributed by atoms with E-state index in [0.29, 0.717) is 18.3 Å². The van der Waals surface area contributed by atoms with Crippen LogP contribution in [0, 0.1) is 5.41 Å². The van der Waals surface area contributed by atoms with Gasteiger partial charge in [-0.2, -0.15) is 0 Å². The van der Waals surface area contributed by atoms with Gasteiger partial charge in [-0.3, -0.25) is 9.69 Å². The molecule has 1 aliphatic rings. The maximum Gasteiger partial charge on any atom is 0.324 e. The zero-order valence-corrected chi connectivity index (χ0v) is 11.0. The van der Waals surface area contributed by atoms with Crippen molar-refractivity contribution in [3.63, 3.8) is 0 Å². The van der Waals surface area contributed by atoms with E-state index in [9.17, 15) is 9.90 Å². The fourth-order valence-corrected chi connectivity index (χ4v) is 2.68. The van der Waals surface area contributed by atoms with Crippen LogP contribution in [0.4, 0.5) is 0 Å². The van der Waals surface area contributed by atoms with Gasteiger partial charge in [0.05, 0.1) is 0 Å². The van der Waals surface area contributed by atoms with Crippen LogP contribution in [0.25, 0.3) is 0 Å². The lowest BCUT2D eigenvalue weighted by Crippen LogP contribution is -2.57. The smallest absolute Gasteiger partial charge is 0.324 e. The first-order chi connectivity index (χ1) is 7.38. The van der Waals surface area contributed by atoms with E-state index in [-0.39, 0.29) is 0 Å². The molecule has 1 N–H and O–H groups in total. The number of carbonyl (C=O) groups is 1. The quantitative estimate of drug-likeness (QED) is 0.803. The van der Waals surface area contributed by atoms with Gasteiger partial charge in [0.25, 0.3) is 0 Å². The molecular weight excluding hydrogens is 202 g/mol. The number of rotatable bonds is 4. The molecule has 0 atom stereocenters. The van der Waals surface area contributed by atoms with Crippen LogP contribution in [0.5, 0.6) is 0 Å². The predicted molar refractivity (Wildman–Crippen MR) is 65.5 cm³/mol. The zero-order chi connectivity index (χ0) is 12.4. The van der Waals surface area contributed by atoms with Crippen molar-refractivity contribution in [2.24, 2.45) is 5.41 Å². The highest BCUT2D eigenvalue weighted by molar-refractivity contribution is 5.78. The molecule has 0 radical (unpaired) electrons. The molecule has 1 rings (SSSR count). The Morgan fingerprint density at radius 2 is 1.69 bits per heavy atom. The zero-order valence-electron chi connectivity index (χ0n) is 11.0. The molecule has 3 nitrogen and oxygen atoms in total. The summed E-state index contributed by atoms with van der Waals surface area (Å²) in [4.78, 5) is 13.7. The minimum Gasteiger partial charge on any atom is -0.480 e. The third kappa shape index (κ3) is 2.40. The molecule has 0 bridgehead atoms. The van der Waals surface area contributed by atoms with Gasteiger partial charge in [0.15, 0.2) is 0 Å². The molecule has 0 spiro atoms. The number of aliphatic carboxylic acids is 1. The molecule has 3 heteroatoms. The highest BCUT2D eigenvalue weighted by Crippen LogP contribution is 2.35. The van der Waals surface area contributed by atoms with Crippen LogP contribution < -0.4 is 0 Å². The summed E-state index contributed by atoms with van der Waals surface area (Å²) >= 11 is 0. The molecule has 0 saturated carbocycles. The Bertz CT molecular complexity index is 247. The summed E-state index contributed by atoms with van der Waals surface area (Å²) in [6, 6.07) is 0. The second-order valence-electron chi connectivity index (χ2n) is 5.70. The number of hydrogen-bond donors (Lipinski definition) is 1. The number of piperidine rings is 1. The van der Waals surface area contributed by atoms with Crippen molar-refractivity contribution in [1.29, 1.82) is 0 Å². The first-order valence-electron chi connectivity index (χ1n) is 6.36. The molecule has 94 valence electrons. The highest BCUT2D eigenvalue weighted by Gasteiger charge is 2.43. The lowest BCUT2D eigenvalue weighted by atomic mass is 9.79. The molecule has 1 aliphatic heterocycles. The Kier molecular flexibility index (Phi) is 4.00. The largest absolute Gasteiger partial charge is 0.480 e.